The molecule has 1 aromatic heterocycles. The summed E-state index contributed by atoms with van der Waals surface area (Å²) in [5.74, 6) is 1.28. The first kappa shape index (κ1) is 17.2. The maximum Gasteiger partial charge on any atom is 0.302 e. The number of rotatable bonds is 4. The van der Waals surface area contributed by atoms with Gasteiger partial charge < -0.3 is 9.30 Å². The maximum absolute atomic E-state index is 11.2. The van der Waals surface area contributed by atoms with E-state index in [9.17, 15) is 4.79 Å². The third kappa shape index (κ3) is 3.71. The fraction of sp³-hybridized carbons (Fsp3) is 0.438. The van der Waals surface area contributed by atoms with Crippen molar-refractivity contribution in [2.45, 2.75) is 39.0 Å². The summed E-state index contributed by atoms with van der Waals surface area (Å²) in [4.78, 5) is 11.2. The fourth-order valence-corrected chi connectivity index (χ4v) is 3.37. The number of ether oxygens (including phenoxy) is 1. The second kappa shape index (κ2) is 7.09. The zero-order valence-electron chi connectivity index (χ0n) is 13.4. The van der Waals surface area contributed by atoms with Crippen LogP contribution in [0.15, 0.2) is 24.3 Å². The molecule has 0 saturated carbocycles. The average molecular weight is 369 g/mol. The number of nitrogens with zero attached hydrogens (tertiary/aromatic N) is 4. The number of halogens is 2. The fourth-order valence-electron chi connectivity index (χ4n) is 2.92. The second-order valence-corrected chi connectivity index (χ2v) is 6.75. The van der Waals surface area contributed by atoms with Crippen LogP contribution in [-0.4, -0.2) is 37.8 Å². The second-order valence-electron chi connectivity index (χ2n) is 5.88. The van der Waals surface area contributed by atoms with Crippen LogP contribution >= 0.6 is 23.4 Å². The van der Waals surface area contributed by atoms with E-state index in [2.05, 4.69) is 10.2 Å². The van der Waals surface area contributed by atoms with Gasteiger partial charge in [-0.05, 0) is 36.4 Å². The van der Waals surface area contributed by atoms with Gasteiger partial charge in [-0.25, -0.2) is 4.42 Å². The highest BCUT2D eigenvalue weighted by Crippen LogP contribution is 2.34. The van der Waals surface area contributed by atoms with Crippen LogP contribution in [0, 0.1) is 6.92 Å². The summed E-state index contributed by atoms with van der Waals surface area (Å²) < 4.78 is 8.94. The summed E-state index contributed by atoms with van der Waals surface area (Å²) in [6, 6.07) is 7.51. The number of benzene rings is 1. The third-order valence-corrected chi connectivity index (χ3v) is 4.68. The zero-order valence-corrected chi connectivity index (χ0v) is 15.0. The van der Waals surface area contributed by atoms with E-state index in [1.165, 1.54) is 6.92 Å². The van der Waals surface area contributed by atoms with Gasteiger partial charge in [0.05, 0.1) is 19.1 Å². The number of hydrogen-bond acceptors (Lipinski definition) is 5. The van der Waals surface area contributed by atoms with Crippen molar-refractivity contribution in [3.63, 3.8) is 0 Å². The lowest BCUT2D eigenvalue weighted by molar-refractivity contribution is -0.145. The van der Waals surface area contributed by atoms with E-state index < -0.39 is 0 Å². The zero-order chi connectivity index (χ0) is 17.3. The summed E-state index contributed by atoms with van der Waals surface area (Å²) in [5.41, 5.74) is 1.10. The van der Waals surface area contributed by atoms with Crippen LogP contribution in [0.25, 0.3) is 0 Å². The predicted octanol–water partition coefficient (Wildman–Crippen LogP) is 3.12. The van der Waals surface area contributed by atoms with Crippen LogP contribution in [0.1, 0.15) is 36.6 Å². The van der Waals surface area contributed by atoms with E-state index in [4.69, 9.17) is 28.1 Å². The van der Waals surface area contributed by atoms with Crippen molar-refractivity contribution >= 4 is 29.3 Å². The molecule has 128 valence electrons. The Kier molecular flexibility index (Phi) is 5.08. The molecule has 1 aliphatic heterocycles. The minimum atomic E-state index is -0.301. The standard InChI is InChI=1S/C16H18Cl2N4O2/c1-10-19-20-16(15-7-14(9-22(15)18)24-11(2)23)21(10)8-12-3-5-13(17)6-4-12/h3-6,14-15H,7-9H2,1-2H3/t14?,15-/m1/s1. The van der Waals surface area contributed by atoms with E-state index in [-0.39, 0.29) is 18.1 Å². The monoisotopic (exact) mass is 368 g/mol. The Labute approximate surface area is 150 Å². The van der Waals surface area contributed by atoms with Gasteiger partial charge in [0.2, 0.25) is 0 Å². The molecule has 2 aromatic rings. The van der Waals surface area contributed by atoms with Crippen LogP contribution in [0.3, 0.4) is 0 Å². The number of hydrogen-bond donors (Lipinski definition) is 0. The lowest BCUT2D eigenvalue weighted by atomic mass is 10.1. The van der Waals surface area contributed by atoms with E-state index in [0.29, 0.717) is 24.5 Å². The molecular formula is C16H18Cl2N4O2. The molecule has 0 N–H and O–H groups in total. The van der Waals surface area contributed by atoms with Crippen LogP contribution in [0.2, 0.25) is 5.02 Å². The van der Waals surface area contributed by atoms with Crippen LogP contribution in [0.4, 0.5) is 0 Å². The molecule has 0 aliphatic carbocycles. The van der Waals surface area contributed by atoms with Crippen LogP contribution < -0.4 is 0 Å². The van der Waals surface area contributed by atoms with Gasteiger partial charge in [-0.15, -0.1) is 10.2 Å². The Hall–Kier alpha value is -1.63. The number of carbonyl (C=O) groups is 1. The highest BCUT2D eigenvalue weighted by atomic mass is 35.5. The molecular weight excluding hydrogens is 351 g/mol. The molecule has 1 saturated heterocycles. The third-order valence-electron chi connectivity index (χ3n) is 4.05. The van der Waals surface area contributed by atoms with Crippen molar-refractivity contribution in [3.8, 4) is 0 Å². The maximum atomic E-state index is 11.2. The molecule has 6 nitrogen and oxygen atoms in total. The van der Waals surface area contributed by atoms with Gasteiger partial charge in [-0.2, -0.15) is 0 Å². The highest BCUT2D eigenvalue weighted by molar-refractivity contribution is 6.30. The van der Waals surface area contributed by atoms with Crippen LogP contribution in [-0.2, 0) is 16.1 Å². The molecule has 2 heterocycles. The summed E-state index contributed by atoms with van der Waals surface area (Å²) in [5, 5.41) is 9.19. The van der Waals surface area contributed by atoms with Gasteiger partial charge >= 0.3 is 5.97 Å². The molecule has 1 aromatic carbocycles. The molecule has 24 heavy (non-hydrogen) atoms. The van der Waals surface area contributed by atoms with E-state index in [1.54, 1.807) is 4.42 Å². The Morgan fingerprint density at radius 1 is 1.33 bits per heavy atom. The Bertz CT molecular complexity index is 732. The molecule has 1 unspecified atom stereocenters. The van der Waals surface area contributed by atoms with Gasteiger partial charge in [0.1, 0.15) is 11.9 Å². The number of esters is 1. The minimum absolute atomic E-state index is 0.149. The molecule has 3 rings (SSSR count). The lowest BCUT2D eigenvalue weighted by Gasteiger charge is -2.17. The molecule has 0 amide bonds. The van der Waals surface area contributed by atoms with Crippen LogP contribution in [0.5, 0.6) is 0 Å². The summed E-state index contributed by atoms with van der Waals surface area (Å²) in [6.45, 7) is 4.41. The Morgan fingerprint density at radius 3 is 2.71 bits per heavy atom. The molecule has 8 heteroatoms. The smallest absolute Gasteiger partial charge is 0.302 e. The van der Waals surface area contributed by atoms with E-state index in [1.807, 2.05) is 35.8 Å². The minimum Gasteiger partial charge on any atom is -0.461 e. The lowest BCUT2D eigenvalue weighted by Crippen LogP contribution is -2.19. The van der Waals surface area contributed by atoms with Gasteiger partial charge in [0.25, 0.3) is 0 Å². The van der Waals surface area contributed by atoms with Crippen molar-refractivity contribution < 1.29 is 9.53 Å². The summed E-state index contributed by atoms with van der Waals surface area (Å²) in [7, 11) is 0. The van der Waals surface area contributed by atoms with E-state index >= 15 is 0 Å². The number of aromatic nitrogens is 3. The first-order valence-electron chi connectivity index (χ1n) is 7.68. The largest absolute Gasteiger partial charge is 0.461 e. The molecule has 0 bridgehead atoms. The summed E-state index contributed by atoms with van der Waals surface area (Å²) in [6.07, 6.45) is 0.368. The Balaban J connectivity index is 1.82. The molecule has 0 spiro atoms. The van der Waals surface area contributed by atoms with Gasteiger partial charge in [0, 0.05) is 18.4 Å². The SMILES string of the molecule is CC(=O)OC1C[C@H](c2nnc(C)n2Cc2ccc(Cl)cc2)N(Cl)C1. The van der Waals surface area contributed by atoms with Crippen molar-refractivity contribution in [2.75, 3.05) is 6.54 Å². The predicted molar refractivity (Wildman–Crippen MR) is 90.8 cm³/mol. The normalized spacial score (nSPS) is 21.2. The molecule has 1 fully saturated rings. The summed E-state index contributed by atoms with van der Waals surface area (Å²) >= 11 is 12.3. The van der Waals surface area contributed by atoms with Gasteiger partial charge in [-0.1, -0.05) is 23.7 Å². The first-order valence-corrected chi connectivity index (χ1v) is 8.39. The molecule has 1 aliphatic rings. The van der Waals surface area contributed by atoms with Crippen molar-refractivity contribution in [1.82, 2.24) is 19.2 Å². The highest BCUT2D eigenvalue weighted by Gasteiger charge is 2.37. The van der Waals surface area contributed by atoms with Crippen molar-refractivity contribution in [2.24, 2.45) is 0 Å². The van der Waals surface area contributed by atoms with E-state index in [0.717, 1.165) is 17.2 Å². The molecule has 2 atom stereocenters. The van der Waals surface area contributed by atoms with Gasteiger partial charge in [0.15, 0.2) is 5.82 Å². The molecule has 0 radical (unpaired) electrons. The number of carbonyl (C=O) groups excluding carboxylic acids is 1. The number of aryl methyl sites for hydroxylation is 1. The quantitative estimate of drug-likeness (QED) is 0.612. The average Bonchev–Trinajstić information content (AvgIpc) is 3.04. The van der Waals surface area contributed by atoms with Crippen molar-refractivity contribution in [1.29, 1.82) is 0 Å². The Morgan fingerprint density at radius 2 is 2.04 bits per heavy atom. The topological polar surface area (TPSA) is 60.2 Å². The van der Waals surface area contributed by atoms with Gasteiger partial charge in [-0.3, -0.25) is 4.79 Å². The van der Waals surface area contributed by atoms with Crippen molar-refractivity contribution in [3.05, 3.63) is 46.5 Å². The first-order chi connectivity index (χ1) is 11.4.